The zero-order chi connectivity index (χ0) is 10.6. The molecule has 0 aliphatic carbocycles. The first-order valence-corrected chi connectivity index (χ1v) is 5.10. The fourth-order valence-electron chi connectivity index (χ4n) is 1.44. The quantitative estimate of drug-likeness (QED) is 0.659. The second-order valence-corrected chi connectivity index (χ2v) is 4.64. The number of carbonyl (C=O) groups excluding carboxylic acids is 1. The predicted octanol–water partition coefficient (Wildman–Crippen LogP) is 2.68. The minimum absolute atomic E-state index is 0.201. The van der Waals surface area contributed by atoms with Crippen LogP contribution in [-0.2, 0) is 4.79 Å². The van der Waals surface area contributed by atoms with E-state index < -0.39 is 0 Å². The summed E-state index contributed by atoms with van der Waals surface area (Å²) in [4.78, 5) is 13.8. The maximum Gasteiger partial charge on any atom is 0.228 e. The van der Waals surface area contributed by atoms with Crippen molar-refractivity contribution in [3.8, 4) is 0 Å². The van der Waals surface area contributed by atoms with Gasteiger partial charge in [0, 0.05) is 18.5 Å². The first kappa shape index (κ1) is 12.5. The molecule has 0 aromatic carbocycles. The number of amides is 1. The van der Waals surface area contributed by atoms with Crippen molar-refractivity contribution in [2.45, 2.75) is 53.5 Å². The van der Waals surface area contributed by atoms with Gasteiger partial charge in [-0.2, -0.15) is 0 Å². The second-order valence-electron chi connectivity index (χ2n) is 4.64. The molecule has 0 bridgehead atoms. The molecule has 78 valence electrons. The first-order chi connectivity index (χ1) is 5.83. The van der Waals surface area contributed by atoms with Gasteiger partial charge in [-0.15, -0.1) is 0 Å². The van der Waals surface area contributed by atoms with Crippen molar-refractivity contribution in [1.82, 2.24) is 4.90 Å². The average molecular weight is 185 g/mol. The van der Waals surface area contributed by atoms with Crippen LogP contribution in [0.2, 0.25) is 0 Å². The van der Waals surface area contributed by atoms with E-state index in [2.05, 4.69) is 6.92 Å². The molecule has 0 saturated heterocycles. The summed E-state index contributed by atoms with van der Waals surface area (Å²) in [6, 6.07) is 0.295. The van der Waals surface area contributed by atoms with Gasteiger partial charge in [0.1, 0.15) is 0 Å². The molecule has 13 heavy (non-hydrogen) atoms. The van der Waals surface area contributed by atoms with Crippen LogP contribution < -0.4 is 0 Å². The van der Waals surface area contributed by atoms with Gasteiger partial charge in [0.2, 0.25) is 5.91 Å². The second kappa shape index (κ2) is 4.64. The third-order valence-electron chi connectivity index (χ3n) is 2.55. The molecular formula is C11H23NO. The van der Waals surface area contributed by atoms with Crippen LogP contribution in [0.25, 0.3) is 0 Å². The minimum Gasteiger partial charge on any atom is -0.343 e. The molecule has 0 rings (SSSR count). The third kappa shape index (κ3) is 3.37. The van der Waals surface area contributed by atoms with Gasteiger partial charge < -0.3 is 4.90 Å². The Morgan fingerprint density at radius 2 is 1.85 bits per heavy atom. The van der Waals surface area contributed by atoms with E-state index in [9.17, 15) is 4.79 Å². The highest BCUT2D eigenvalue weighted by Crippen LogP contribution is 2.25. The summed E-state index contributed by atoms with van der Waals surface area (Å²) in [5, 5.41) is 0. The Bertz CT molecular complexity index is 173. The molecular weight excluding hydrogens is 162 g/mol. The molecule has 0 saturated carbocycles. The van der Waals surface area contributed by atoms with Crippen LogP contribution in [0.4, 0.5) is 0 Å². The molecule has 0 unspecified atom stereocenters. The molecule has 2 heteroatoms. The Balaban J connectivity index is 4.39. The van der Waals surface area contributed by atoms with Crippen LogP contribution in [-0.4, -0.2) is 23.9 Å². The number of hydrogen-bond donors (Lipinski definition) is 0. The molecule has 0 radical (unpaired) electrons. The number of hydrogen-bond acceptors (Lipinski definition) is 1. The lowest BCUT2D eigenvalue weighted by molar-refractivity contribution is -0.140. The van der Waals surface area contributed by atoms with Gasteiger partial charge in [0.05, 0.1) is 0 Å². The van der Waals surface area contributed by atoms with E-state index in [-0.39, 0.29) is 11.3 Å². The SMILES string of the molecule is CCCC(C)(C)C(=O)N(C)C(C)C. The normalized spacial score (nSPS) is 11.9. The van der Waals surface area contributed by atoms with Crippen LogP contribution >= 0.6 is 0 Å². The number of carbonyl (C=O) groups is 1. The first-order valence-electron chi connectivity index (χ1n) is 5.10. The van der Waals surface area contributed by atoms with Gasteiger partial charge in [-0.25, -0.2) is 0 Å². The highest BCUT2D eigenvalue weighted by Gasteiger charge is 2.30. The Hall–Kier alpha value is -0.530. The van der Waals surface area contributed by atoms with Gasteiger partial charge in [-0.3, -0.25) is 4.79 Å². The summed E-state index contributed by atoms with van der Waals surface area (Å²) in [6.07, 6.45) is 2.02. The van der Waals surface area contributed by atoms with E-state index >= 15 is 0 Å². The zero-order valence-corrected chi connectivity index (χ0v) is 9.85. The molecule has 0 aromatic heterocycles. The van der Waals surface area contributed by atoms with Crippen molar-refractivity contribution in [2.24, 2.45) is 5.41 Å². The fraction of sp³-hybridized carbons (Fsp3) is 0.909. The maximum absolute atomic E-state index is 11.9. The summed E-state index contributed by atoms with van der Waals surface area (Å²) in [7, 11) is 1.88. The molecule has 0 atom stereocenters. The lowest BCUT2D eigenvalue weighted by Gasteiger charge is -2.31. The molecule has 0 fully saturated rings. The summed E-state index contributed by atoms with van der Waals surface area (Å²) >= 11 is 0. The van der Waals surface area contributed by atoms with Crippen LogP contribution in [0.1, 0.15) is 47.5 Å². The van der Waals surface area contributed by atoms with Gasteiger partial charge in [-0.05, 0) is 20.3 Å². The van der Waals surface area contributed by atoms with Crippen molar-refractivity contribution in [3.05, 3.63) is 0 Å². The fourth-order valence-corrected chi connectivity index (χ4v) is 1.44. The summed E-state index contributed by atoms with van der Waals surface area (Å²) < 4.78 is 0. The Morgan fingerprint density at radius 3 is 2.15 bits per heavy atom. The van der Waals surface area contributed by atoms with Crippen molar-refractivity contribution in [2.75, 3.05) is 7.05 Å². The van der Waals surface area contributed by atoms with Crippen LogP contribution in [0.5, 0.6) is 0 Å². The van der Waals surface area contributed by atoms with Crippen molar-refractivity contribution < 1.29 is 4.79 Å². The van der Waals surface area contributed by atoms with E-state index in [0.717, 1.165) is 12.8 Å². The average Bonchev–Trinajstić information content (AvgIpc) is 2.01. The molecule has 0 spiro atoms. The Labute approximate surface area is 82.3 Å². The zero-order valence-electron chi connectivity index (χ0n) is 9.85. The summed E-state index contributed by atoms with van der Waals surface area (Å²) in [6.45, 7) is 10.2. The smallest absolute Gasteiger partial charge is 0.228 e. The summed E-state index contributed by atoms with van der Waals surface area (Å²) in [5.74, 6) is 0.254. The largest absolute Gasteiger partial charge is 0.343 e. The van der Waals surface area contributed by atoms with Crippen LogP contribution in [0.3, 0.4) is 0 Å². The van der Waals surface area contributed by atoms with Crippen LogP contribution in [0, 0.1) is 5.41 Å². The van der Waals surface area contributed by atoms with Gasteiger partial charge >= 0.3 is 0 Å². The lowest BCUT2D eigenvalue weighted by Crippen LogP contribution is -2.42. The van der Waals surface area contributed by atoms with Crippen molar-refractivity contribution in [1.29, 1.82) is 0 Å². The molecule has 0 heterocycles. The molecule has 0 aromatic rings. The van der Waals surface area contributed by atoms with E-state index in [1.165, 1.54) is 0 Å². The number of nitrogens with zero attached hydrogens (tertiary/aromatic N) is 1. The molecule has 0 N–H and O–H groups in total. The molecule has 0 aliphatic heterocycles. The van der Waals surface area contributed by atoms with Crippen molar-refractivity contribution in [3.63, 3.8) is 0 Å². The van der Waals surface area contributed by atoms with Gasteiger partial charge in [0.25, 0.3) is 0 Å². The van der Waals surface area contributed by atoms with E-state index in [0.29, 0.717) is 6.04 Å². The highest BCUT2D eigenvalue weighted by molar-refractivity contribution is 5.81. The van der Waals surface area contributed by atoms with Crippen molar-refractivity contribution >= 4 is 5.91 Å². The lowest BCUT2D eigenvalue weighted by atomic mass is 9.86. The third-order valence-corrected chi connectivity index (χ3v) is 2.55. The highest BCUT2D eigenvalue weighted by atomic mass is 16.2. The summed E-state index contributed by atoms with van der Waals surface area (Å²) in [5.41, 5.74) is -0.201. The standard InChI is InChI=1S/C11H23NO/c1-7-8-11(4,5)10(13)12(6)9(2)3/h9H,7-8H2,1-6H3. The van der Waals surface area contributed by atoms with E-state index in [1.54, 1.807) is 0 Å². The molecule has 1 amide bonds. The monoisotopic (exact) mass is 185 g/mol. The van der Waals surface area contributed by atoms with E-state index in [4.69, 9.17) is 0 Å². The van der Waals surface area contributed by atoms with Gasteiger partial charge in [-0.1, -0.05) is 27.2 Å². The van der Waals surface area contributed by atoms with Crippen LogP contribution in [0.15, 0.2) is 0 Å². The topological polar surface area (TPSA) is 20.3 Å². The minimum atomic E-state index is -0.201. The predicted molar refractivity (Wildman–Crippen MR) is 56.6 cm³/mol. The maximum atomic E-state index is 11.9. The Kier molecular flexibility index (Phi) is 4.45. The Morgan fingerprint density at radius 1 is 1.38 bits per heavy atom. The number of rotatable bonds is 4. The van der Waals surface area contributed by atoms with Gasteiger partial charge in [0.15, 0.2) is 0 Å². The molecule has 0 aliphatic rings. The van der Waals surface area contributed by atoms with E-state index in [1.807, 2.05) is 39.6 Å². The molecule has 2 nitrogen and oxygen atoms in total.